The van der Waals surface area contributed by atoms with Crippen molar-refractivity contribution < 1.29 is 4.74 Å². The second kappa shape index (κ2) is 12.3. The predicted molar refractivity (Wildman–Crippen MR) is 155 cm³/mol. The first kappa shape index (κ1) is 26.7. The van der Waals surface area contributed by atoms with E-state index < -0.39 is 0 Å². The summed E-state index contributed by atoms with van der Waals surface area (Å²) in [5.74, 6) is 2.06. The average molecular weight is 537 g/mol. The van der Waals surface area contributed by atoms with Crippen LogP contribution in [-0.4, -0.2) is 47.2 Å². The Bertz CT molecular complexity index is 1200. The number of hydrogen-bond donors (Lipinski definition) is 3. The zero-order valence-electron chi connectivity index (χ0n) is 22.2. The summed E-state index contributed by atoms with van der Waals surface area (Å²) in [4.78, 5) is 14.1. The lowest BCUT2D eigenvalue weighted by Gasteiger charge is -2.46. The van der Waals surface area contributed by atoms with Crippen LogP contribution in [0.2, 0.25) is 5.02 Å². The molecule has 9 heteroatoms. The van der Waals surface area contributed by atoms with Gasteiger partial charge in [0.25, 0.3) is 0 Å². The molecule has 202 valence electrons. The maximum absolute atomic E-state index is 6.56. The van der Waals surface area contributed by atoms with Crippen LogP contribution < -0.4 is 25.6 Å². The van der Waals surface area contributed by atoms with Crippen molar-refractivity contribution >= 4 is 35.1 Å². The number of hydrogen-bond acceptors (Lipinski definition) is 7. The molecule has 1 aromatic heterocycles. The van der Waals surface area contributed by atoms with Crippen LogP contribution >= 0.6 is 11.6 Å². The minimum atomic E-state index is 0.235. The lowest BCUT2D eigenvalue weighted by Crippen LogP contribution is -2.63. The van der Waals surface area contributed by atoms with Crippen molar-refractivity contribution in [3.05, 3.63) is 59.1 Å². The molecule has 2 aliphatic rings. The fourth-order valence-electron chi connectivity index (χ4n) is 5.97. The number of anilines is 3. The lowest BCUT2D eigenvalue weighted by molar-refractivity contribution is 0.125. The van der Waals surface area contributed by atoms with Crippen molar-refractivity contribution in [2.75, 3.05) is 31.2 Å². The standard InChI is InChI=1S/C29H39ClN7O/c1-37(24-15-17-32-18-16-24,23-11-7-2-3-8-12-23)29-35-27(31)34-28(36-29)33-22-13-14-26(25(30)19-22)38-20-21-9-5-4-6-10-21/h4-6,9-10,13-14,19,23-24,32H,2-3,7-8,11-12,15-18,20H2,1H3,(H3,31,33,34,35,36)/q+1. The van der Waals surface area contributed by atoms with Crippen molar-refractivity contribution in [3.63, 3.8) is 0 Å². The van der Waals surface area contributed by atoms with Crippen molar-refractivity contribution in [2.24, 2.45) is 0 Å². The molecule has 0 amide bonds. The van der Waals surface area contributed by atoms with Gasteiger partial charge in [0, 0.05) is 31.6 Å². The first-order valence-corrected chi connectivity index (χ1v) is 14.2. The van der Waals surface area contributed by atoms with Gasteiger partial charge < -0.3 is 21.1 Å². The molecule has 0 radical (unpaired) electrons. The summed E-state index contributed by atoms with van der Waals surface area (Å²) in [6.07, 6.45) is 9.70. The van der Waals surface area contributed by atoms with E-state index in [0.29, 0.717) is 35.4 Å². The number of benzene rings is 2. The second-order valence-corrected chi connectivity index (χ2v) is 11.0. The molecule has 1 saturated carbocycles. The Morgan fingerprint density at radius 2 is 1.66 bits per heavy atom. The molecule has 3 aromatic rings. The van der Waals surface area contributed by atoms with Gasteiger partial charge in [-0.2, -0.15) is 4.98 Å². The van der Waals surface area contributed by atoms with Gasteiger partial charge >= 0.3 is 5.95 Å². The maximum Gasteiger partial charge on any atom is 0.335 e. The van der Waals surface area contributed by atoms with E-state index in [0.717, 1.165) is 47.6 Å². The molecule has 5 rings (SSSR count). The van der Waals surface area contributed by atoms with E-state index in [2.05, 4.69) is 22.7 Å². The van der Waals surface area contributed by atoms with Crippen LogP contribution in [0.15, 0.2) is 48.5 Å². The SMILES string of the molecule is C[N+](c1nc(N)nc(Nc2ccc(OCc3ccccc3)c(Cl)c2)n1)(C1CCCCCC1)C1CCNCC1. The van der Waals surface area contributed by atoms with Crippen molar-refractivity contribution in [3.8, 4) is 5.75 Å². The highest BCUT2D eigenvalue weighted by molar-refractivity contribution is 6.32. The molecule has 1 atom stereocenters. The number of nitrogen functional groups attached to an aromatic ring is 1. The minimum Gasteiger partial charge on any atom is -0.487 e. The Morgan fingerprint density at radius 3 is 2.37 bits per heavy atom. The summed E-state index contributed by atoms with van der Waals surface area (Å²) in [5, 5.41) is 7.34. The normalized spacial score (nSPS) is 18.9. The zero-order chi connectivity index (χ0) is 26.4. The van der Waals surface area contributed by atoms with E-state index in [-0.39, 0.29) is 5.95 Å². The quantitative estimate of drug-likeness (QED) is 0.245. The lowest BCUT2D eigenvalue weighted by atomic mass is 9.96. The summed E-state index contributed by atoms with van der Waals surface area (Å²) in [6, 6.07) is 16.6. The average Bonchev–Trinajstić information content (AvgIpc) is 3.23. The number of halogens is 1. The summed E-state index contributed by atoms with van der Waals surface area (Å²) in [7, 11) is 2.32. The fraction of sp³-hybridized carbons (Fsp3) is 0.483. The van der Waals surface area contributed by atoms with E-state index in [1.54, 1.807) is 0 Å². The topological polar surface area (TPSA) is 98.0 Å². The van der Waals surface area contributed by atoms with E-state index in [1.807, 2.05) is 48.5 Å². The molecular formula is C29H39ClN7O+. The van der Waals surface area contributed by atoms with E-state index in [1.165, 1.54) is 38.5 Å². The number of rotatable bonds is 8. The highest BCUT2D eigenvalue weighted by Crippen LogP contribution is 2.36. The van der Waals surface area contributed by atoms with Gasteiger partial charge in [-0.25, -0.2) is 0 Å². The maximum atomic E-state index is 6.56. The van der Waals surface area contributed by atoms with Crippen molar-refractivity contribution in [1.82, 2.24) is 24.8 Å². The van der Waals surface area contributed by atoms with Gasteiger partial charge in [-0.3, -0.25) is 4.48 Å². The van der Waals surface area contributed by atoms with E-state index >= 15 is 0 Å². The third kappa shape index (κ3) is 6.20. The molecule has 1 aliphatic carbocycles. The Kier molecular flexibility index (Phi) is 8.61. The van der Waals surface area contributed by atoms with Gasteiger partial charge in [0.05, 0.1) is 24.2 Å². The molecule has 8 nitrogen and oxygen atoms in total. The van der Waals surface area contributed by atoms with Crippen LogP contribution in [0.5, 0.6) is 5.75 Å². The molecule has 38 heavy (non-hydrogen) atoms. The van der Waals surface area contributed by atoms with E-state index in [4.69, 9.17) is 32.0 Å². The summed E-state index contributed by atoms with van der Waals surface area (Å²) in [5.41, 5.74) is 8.13. The van der Waals surface area contributed by atoms with Crippen LogP contribution in [-0.2, 0) is 6.61 Å². The summed E-state index contributed by atoms with van der Waals surface area (Å²) in [6.45, 7) is 2.50. The molecule has 4 N–H and O–H groups in total. The van der Waals surface area contributed by atoms with Crippen molar-refractivity contribution in [1.29, 1.82) is 0 Å². The molecular weight excluding hydrogens is 498 g/mol. The number of ether oxygens (including phenoxy) is 1. The minimum absolute atomic E-state index is 0.235. The Morgan fingerprint density at radius 1 is 0.947 bits per heavy atom. The van der Waals surface area contributed by atoms with Gasteiger partial charge in [-0.1, -0.05) is 54.8 Å². The van der Waals surface area contributed by atoms with Crippen LogP contribution in [0.4, 0.5) is 23.5 Å². The Labute approximate surface area is 230 Å². The Balaban J connectivity index is 1.38. The monoisotopic (exact) mass is 536 g/mol. The van der Waals surface area contributed by atoms with Gasteiger partial charge in [0.15, 0.2) is 0 Å². The van der Waals surface area contributed by atoms with Crippen LogP contribution in [0.1, 0.15) is 56.9 Å². The predicted octanol–water partition coefficient (Wildman–Crippen LogP) is 5.84. The zero-order valence-corrected chi connectivity index (χ0v) is 23.0. The van der Waals surface area contributed by atoms with Gasteiger partial charge in [-0.15, -0.1) is 9.97 Å². The van der Waals surface area contributed by atoms with Crippen LogP contribution in [0.25, 0.3) is 0 Å². The molecule has 2 fully saturated rings. The first-order chi connectivity index (χ1) is 18.5. The number of aromatic nitrogens is 3. The number of piperidine rings is 1. The third-order valence-electron chi connectivity index (χ3n) is 8.15. The van der Waals surface area contributed by atoms with Gasteiger partial charge in [-0.05, 0) is 49.4 Å². The molecule has 1 aliphatic heterocycles. The summed E-state index contributed by atoms with van der Waals surface area (Å²) >= 11 is 6.56. The summed E-state index contributed by atoms with van der Waals surface area (Å²) < 4.78 is 6.65. The molecule has 2 heterocycles. The highest BCUT2D eigenvalue weighted by atomic mass is 35.5. The number of nitrogens with two attached hydrogens (primary N) is 1. The fourth-order valence-corrected chi connectivity index (χ4v) is 6.21. The highest BCUT2D eigenvalue weighted by Gasteiger charge is 2.45. The molecule has 1 saturated heterocycles. The van der Waals surface area contributed by atoms with E-state index in [9.17, 15) is 0 Å². The number of quaternary nitrogens is 1. The second-order valence-electron chi connectivity index (χ2n) is 10.6. The van der Waals surface area contributed by atoms with Gasteiger partial charge in [0.2, 0.25) is 11.9 Å². The third-order valence-corrected chi connectivity index (χ3v) is 8.44. The van der Waals surface area contributed by atoms with Crippen LogP contribution in [0.3, 0.4) is 0 Å². The first-order valence-electron chi connectivity index (χ1n) is 13.8. The molecule has 0 bridgehead atoms. The molecule has 2 aromatic carbocycles. The smallest absolute Gasteiger partial charge is 0.335 e. The number of nitrogens with zero attached hydrogens (tertiary/aromatic N) is 4. The van der Waals surface area contributed by atoms with Crippen LogP contribution in [0, 0.1) is 0 Å². The van der Waals surface area contributed by atoms with Crippen molar-refractivity contribution in [2.45, 2.75) is 70.1 Å². The number of nitrogens with one attached hydrogen (secondary N) is 2. The Hall–Kier alpha value is -2.94. The molecule has 1 unspecified atom stereocenters. The van der Waals surface area contributed by atoms with Gasteiger partial charge in [0.1, 0.15) is 12.4 Å². The largest absolute Gasteiger partial charge is 0.487 e. The molecule has 0 spiro atoms.